The second-order valence-electron chi connectivity index (χ2n) is 3.88. The molecule has 0 fully saturated rings. The molecule has 0 radical (unpaired) electrons. The first-order valence-electron chi connectivity index (χ1n) is 5.58. The Morgan fingerprint density at radius 1 is 1.39 bits per heavy atom. The van der Waals surface area contributed by atoms with Crippen LogP contribution in [0.4, 0.5) is 5.69 Å². The van der Waals surface area contributed by atoms with Crippen molar-refractivity contribution in [2.24, 2.45) is 0 Å². The number of hydrogen-bond acceptors (Lipinski definition) is 2. The largest absolute Gasteiger partial charge is 0.307 e. The third-order valence-electron chi connectivity index (χ3n) is 2.60. The minimum absolute atomic E-state index is 0.0116. The number of benzene rings is 1. The minimum Gasteiger partial charge on any atom is -0.307 e. The lowest BCUT2D eigenvalue weighted by Crippen LogP contribution is -2.27. The maximum absolute atomic E-state index is 11.7. The van der Waals surface area contributed by atoms with Crippen LogP contribution >= 0.6 is 11.3 Å². The van der Waals surface area contributed by atoms with Crippen LogP contribution in [0.15, 0.2) is 41.8 Å². The molecule has 0 N–H and O–H groups in total. The summed E-state index contributed by atoms with van der Waals surface area (Å²) in [4.78, 5) is 14.6. The van der Waals surface area contributed by atoms with Crippen molar-refractivity contribution in [3.63, 3.8) is 0 Å². The summed E-state index contributed by atoms with van der Waals surface area (Å²) in [7, 11) is 0. The second kappa shape index (κ2) is 5.52. The predicted molar refractivity (Wildman–Crippen MR) is 75.6 cm³/mol. The Kier molecular flexibility index (Phi) is 3.81. The van der Waals surface area contributed by atoms with Gasteiger partial charge in [-0.15, -0.1) is 17.8 Å². The average molecular weight is 255 g/mol. The number of hydrogen-bond donors (Lipinski definition) is 0. The van der Waals surface area contributed by atoms with Gasteiger partial charge in [0.1, 0.15) is 0 Å². The Balaban J connectivity index is 2.30. The maximum Gasteiger partial charge on any atom is 0.224 e. The van der Waals surface area contributed by atoms with E-state index in [-0.39, 0.29) is 5.91 Å². The molecule has 0 aliphatic carbocycles. The highest BCUT2D eigenvalue weighted by molar-refractivity contribution is 7.09. The van der Waals surface area contributed by atoms with Gasteiger partial charge in [0.25, 0.3) is 0 Å². The van der Waals surface area contributed by atoms with Crippen LogP contribution < -0.4 is 4.90 Å². The molecular weight excluding hydrogens is 242 g/mol. The molecule has 0 atom stereocenters. The monoisotopic (exact) mass is 255 g/mol. The predicted octanol–water partition coefficient (Wildman–Crippen LogP) is 3.28. The summed E-state index contributed by atoms with van der Waals surface area (Å²) in [6, 6.07) is 11.5. The van der Waals surface area contributed by atoms with Gasteiger partial charge in [0.05, 0.1) is 6.54 Å². The topological polar surface area (TPSA) is 20.3 Å². The zero-order valence-corrected chi connectivity index (χ0v) is 10.9. The van der Waals surface area contributed by atoms with E-state index in [4.69, 9.17) is 6.42 Å². The first kappa shape index (κ1) is 12.4. The van der Waals surface area contributed by atoms with Crippen molar-refractivity contribution in [3.05, 3.63) is 52.2 Å². The Morgan fingerprint density at radius 2 is 2.22 bits per heavy atom. The van der Waals surface area contributed by atoms with E-state index in [1.165, 1.54) is 0 Å². The lowest BCUT2D eigenvalue weighted by molar-refractivity contribution is -0.116. The Labute approximate surface area is 111 Å². The van der Waals surface area contributed by atoms with Crippen LogP contribution in [-0.4, -0.2) is 5.91 Å². The highest BCUT2D eigenvalue weighted by Gasteiger charge is 2.12. The van der Waals surface area contributed by atoms with E-state index in [9.17, 15) is 4.79 Å². The number of thiophene rings is 1. The normalized spacial score (nSPS) is 9.78. The lowest BCUT2D eigenvalue weighted by atomic mass is 10.2. The first-order valence-corrected chi connectivity index (χ1v) is 6.46. The summed E-state index contributed by atoms with van der Waals surface area (Å²) in [6.45, 7) is 2.15. The smallest absolute Gasteiger partial charge is 0.224 e. The standard InChI is InChI=1S/C15H13NOS/c1-3-13-6-4-7-14(10-13)16(12(2)17)11-15-8-5-9-18-15/h1,4-10H,11H2,2H3. The molecular formula is C15H13NOS. The summed E-state index contributed by atoms with van der Waals surface area (Å²) < 4.78 is 0. The SMILES string of the molecule is C#Cc1cccc(N(Cc2cccs2)C(C)=O)c1. The summed E-state index contributed by atoms with van der Waals surface area (Å²) in [5, 5.41) is 2.01. The molecule has 90 valence electrons. The summed E-state index contributed by atoms with van der Waals surface area (Å²) in [6.07, 6.45) is 5.38. The second-order valence-corrected chi connectivity index (χ2v) is 4.91. The van der Waals surface area contributed by atoms with E-state index in [2.05, 4.69) is 5.92 Å². The van der Waals surface area contributed by atoms with Gasteiger partial charge < -0.3 is 4.90 Å². The Morgan fingerprint density at radius 3 is 2.83 bits per heavy atom. The van der Waals surface area contributed by atoms with Crippen LogP contribution in [0.3, 0.4) is 0 Å². The van der Waals surface area contributed by atoms with Crippen LogP contribution in [0, 0.1) is 12.3 Å². The van der Waals surface area contributed by atoms with E-state index in [0.717, 1.165) is 16.1 Å². The van der Waals surface area contributed by atoms with Gasteiger partial charge >= 0.3 is 0 Å². The Hall–Kier alpha value is -2.05. The van der Waals surface area contributed by atoms with Gasteiger partial charge in [-0.05, 0) is 29.6 Å². The molecule has 1 amide bonds. The molecule has 0 bridgehead atoms. The fourth-order valence-electron chi connectivity index (χ4n) is 1.71. The summed E-state index contributed by atoms with van der Waals surface area (Å²) >= 11 is 1.64. The number of carbonyl (C=O) groups is 1. The first-order chi connectivity index (χ1) is 8.70. The molecule has 2 aromatic rings. The van der Waals surface area contributed by atoms with Gasteiger partial charge in [-0.3, -0.25) is 4.79 Å². The lowest BCUT2D eigenvalue weighted by Gasteiger charge is -2.20. The molecule has 18 heavy (non-hydrogen) atoms. The van der Waals surface area contributed by atoms with Crippen molar-refractivity contribution >= 4 is 22.9 Å². The van der Waals surface area contributed by atoms with Crippen molar-refractivity contribution in [2.45, 2.75) is 13.5 Å². The number of terminal acetylenes is 1. The highest BCUT2D eigenvalue weighted by Crippen LogP contribution is 2.20. The highest BCUT2D eigenvalue weighted by atomic mass is 32.1. The average Bonchev–Trinajstić information content (AvgIpc) is 2.88. The van der Waals surface area contributed by atoms with Crippen LogP contribution in [0.1, 0.15) is 17.4 Å². The van der Waals surface area contributed by atoms with Gasteiger partial charge in [0.15, 0.2) is 0 Å². The van der Waals surface area contributed by atoms with Crippen LogP contribution in [0.5, 0.6) is 0 Å². The summed E-state index contributed by atoms with van der Waals surface area (Å²) in [5.74, 6) is 2.60. The fourth-order valence-corrected chi connectivity index (χ4v) is 2.40. The number of amides is 1. The molecule has 0 spiro atoms. The van der Waals surface area contributed by atoms with Crippen LogP contribution in [0.2, 0.25) is 0 Å². The van der Waals surface area contributed by atoms with E-state index >= 15 is 0 Å². The van der Waals surface area contributed by atoms with Crippen molar-refractivity contribution in [1.82, 2.24) is 0 Å². The Bertz CT molecular complexity index is 581. The summed E-state index contributed by atoms with van der Waals surface area (Å²) in [5.41, 5.74) is 1.62. The van der Waals surface area contributed by atoms with Crippen LogP contribution in [-0.2, 0) is 11.3 Å². The number of nitrogens with zero attached hydrogens (tertiary/aromatic N) is 1. The van der Waals surface area contributed by atoms with E-state index in [0.29, 0.717) is 6.54 Å². The van der Waals surface area contributed by atoms with Gasteiger partial charge in [0.2, 0.25) is 5.91 Å². The molecule has 3 heteroatoms. The zero-order chi connectivity index (χ0) is 13.0. The molecule has 1 aromatic heterocycles. The van der Waals surface area contributed by atoms with Crippen molar-refractivity contribution in [2.75, 3.05) is 4.90 Å². The molecule has 0 saturated carbocycles. The van der Waals surface area contributed by atoms with Crippen LogP contribution in [0.25, 0.3) is 0 Å². The van der Waals surface area contributed by atoms with Crippen molar-refractivity contribution < 1.29 is 4.79 Å². The zero-order valence-electron chi connectivity index (χ0n) is 10.1. The molecule has 0 aliphatic rings. The minimum atomic E-state index is 0.0116. The molecule has 0 aliphatic heterocycles. The third-order valence-corrected chi connectivity index (χ3v) is 3.46. The van der Waals surface area contributed by atoms with E-state index < -0.39 is 0 Å². The van der Waals surface area contributed by atoms with E-state index in [1.807, 2.05) is 41.8 Å². The maximum atomic E-state index is 11.7. The molecule has 1 aromatic carbocycles. The molecule has 0 saturated heterocycles. The third kappa shape index (κ3) is 2.79. The number of carbonyl (C=O) groups excluding carboxylic acids is 1. The molecule has 2 rings (SSSR count). The molecule has 1 heterocycles. The number of anilines is 1. The van der Waals surface area contributed by atoms with Crippen molar-refractivity contribution in [1.29, 1.82) is 0 Å². The molecule has 2 nitrogen and oxygen atoms in total. The van der Waals surface area contributed by atoms with Gasteiger partial charge in [-0.25, -0.2) is 0 Å². The number of rotatable bonds is 3. The molecule has 0 unspecified atom stereocenters. The van der Waals surface area contributed by atoms with E-state index in [1.54, 1.807) is 23.2 Å². The fraction of sp³-hybridized carbons (Fsp3) is 0.133. The van der Waals surface area contributed by atoms with Crippen molar-refractivity contribution in [3.8, 4) is 12.3 Å². The van der Waals surface area contributed by atoms with Gasteiger partial charge in [-0.2, -0.15) is 0 Å². The van der Waals surface area contributed by atoms with Gasteiger partial charge in [-0.1, -0.05) is 18.1 Å². The van der Waals surface area contributed by atoms with Gasteiger partial charge in [0, 0.05) is 23.1 Å². The quantitative estimate of drug-likeness (QED) is 0.771.